The lowest BCUT2D eigenvalue weighted by atomic mass is 10.2. The Morgan fingerprint density at radius 3 is 2.77 bits per heavy atom. The van der Waals surface area contributed by atoms with Gasteiger partial charge in [0.2, 0.25) is 0 Å². The van der Waals surface area contributed by atoms with E-state index < -0.39 is 0 Å². The molecule has 2 nitrogen and oxygen atoms in total. The molecule has 0 unspecified atom stereocenters. The van der Waals surface area contributed by atoms with Crippen molar-refractivity contribution in [2.45, 2.75) is 26.1 Å². The number of pyridine rings is 1. The van der Waals surface area contributed by atoms with Crippen molar-refractivity contribution in [1.29, 1.82) is 0 Å². The molecule has 0 aliphatic heterocycles. The molecule has 1 aromatic heterocycles. The summed E-state index contributed by atoms with van der Waals surface area (Å²) in [4.78, 5) is 11.6. The zero-order chi connectivity index (χ0) is 9.84. The van der Waals surface area contributed by atoms with Crippen LogP contribution in [-0.4, -0.2) is 4.57 Å². The molecule has 0 saturated carbocycles. The Bertz CT molecular complexity index is 330. The summed E-state index contributed by atoms with van der Waals surface area (Å²) in [5.41, 5.74) is 0.859. The summed E-state index contributed by atoms with van der Waals surface area (Å²) < 4.78 is 1.75. The summed E-state index contributed by atoms with van der Waals surface area (Å²) in [6, 6.07) is 3.72. The molecule has 0 N–H and O–H groups in total. The van der Waals surface area contributed by atoms with Crippen LogP contribution in [0.25, 0.3) is 0 Å². The lowest BCUT2D eigenvalue weighted by Gasteiger charge is -2.09. The Morgan fingerprint density at radius 1 is 1.54 bits per heavy atom. The van der Waals surface area contributed by atoms with Gasteiger partial charge >= 0.3 is 0 Å². The predicted molar refractivity (Wildman–Crippen MR) is 58.2 cm³/mol. The quantitative estimate of drug-likeness (QED) is 0.735. The van der Waals surface area contributed by atoms with E-state index in [9.17, 15) is 4.79 Å². The van der Waals surface area contributed by atoms with Gasteiger partial charge in [-0.05, 0) is 12.0 Å². The van der Waals surface area contributed by atoms with Crippen LogP contribution >= 0.6 is 12.6 Å². The molecule has 0 aromatic carbocycles. The average molecular weight is 197 g/mol. The van der Waals surface area contributed by atoms with E-state index in [4.69, 9.17) is 0 Å². The average Bonchev–Trinajstić information content (AvgIpc) is 2.08. The number of nitrogens with zero attached hydrogens (tertiary/aromatic N) is 1. The highest BCUT2D eigenvalue weighted by Gasteiger charge is 2.02. The number of thiol groups is 1. The Morgan fingerprint density at radius 2 is 2.23 bits per heavy atom. The molecule has 13 heavy (non-hydrogen) atoms. The zero-order valence-corrected chi connectivity index (χ0v) is 8.92. The number of rotatable bonds is 3. The predicted octanol–water partition coefficient (Wildman–Crippen LogP) is 1.93. The van der Waals surface area contributed by atoms with Crippen molar-refractivity contribution >= 4 is 12.6 Å². The Balaban J connectivity index is 3.02. The van der Waals surface area contributed by atoms with Crippen molar-refractivity contribution in [3.63, 3.8) is 0 Å². The molecule has 0 spiro atoms. The van der Waals surface area contributed by atoms with E-state index in [1.165, 1.54) is 0 Å². The first-order valence-corrected chi connectivity index (χ1v) is 5.07. The van der Waals surface area contributed by atoms with Gasteiger partial charge in [0.15, 0.2) is 0 Å². The van der Waals surface area contributed by atoms with Crippen LogP contribution in [-0.2, 0) is 12.3 Å². The summed E-state index contributed by atoms with van der Waals surface area (Å²) in [6.07, 6.45) is 1.83. The molecule has 72 valence electrons. The van der Waals surface area contributed by atoms with Crippen molar-refractivity contribution in [1.82, 2.24) is 4.57 Å². The summed E-state index contributed by atoms with van der Waals surface area (Å²) in [5, 5.41) is 0. The molecule has 0 bridgehead atoms. The van der Waals surface area contributed by atoms with Crippen LogP contribution in [0.15, 0.2) is 23.1 Å². The molecule has 0 amide bonds. The van der Waals surface area contributed by atoms with Gasteiger partial charge in [0.25, 0.3) is 5.56 Å². The highest BCUT2D eigenvalue weighted by atomic mass is 32.1. The minimum atomic E-state index is 0.0891. The second kappa shape index (κ2) is 4.51. The molecule has 0 atom stereocenters. The molecule has 1 aromatic rings. The summed E-state index contributed by atoms with van der Waals surface area (Å²) in [7, 11) is 0. The van der Waals surface area contributed by atoms with Crippen LogP contribution in [0.4, 0.5) is 0 Å². The normalized spacial score (nSPS) is 10.8. The molecular formula is C10H15NOS. The summed E-state index contributed by atoms with van der Waals surface area (Å²) in [6.45, 7) is 4.97. The van der Waals surface area contributed by atoms with Crippen LogP contribution < -0.4 is 5.56 Å². The van der Waals surface area contributed by atoms with E-state index in [1.54, 1.807) is 4.57 Å². The first kappa shape index (κ1) is 10.4. The lowest BCUT2D eigenvalue weighted by Crippen LogP contribution is -2.24. The van der Waals surface area contributed by atoms with Crippen molar-refractivity contribution in [2.24, 2.45) is 5.92 Å². The highest BCUT2D eigenvalue weighted by Crippen LogP contribution is 1.99. The van der Waals surface area contributed by atoms with E-state index in [1.807, 2.05) is 18.3 Å². The van der Waals surface area contributed by atoms with Crippen LogP contribution in [0.2, 0.25) is 0 Å². The van der Waals surface area contributed by atoms with Gasteiger partial charge in [0.1, 0.15) is 0 Å². The minimum absolute atomic E-state index is 0.0891. The second-order valence-electron chi connectivity index (χ2n) is 3.54. The fourth-order valence-electron chi connectivity index (χ4n) is 1.24. The third-order valence-electron chi connectivity index (χ3n) is 1.83. The Hall–Kier alpha value is -0.700. The maximum absolute atomic E-state index is 11.6. The monoisotopic (exact) mass is 197 g/mol. The summed E-state index contributed by atoms with van der Waals surface area (Å²) in [5.74, 6) is 1.01. The van der Waals surface area contributed by atoms with Crippen molar-refractivity contribution in [3.8, 4) is 0 Å². The maximum atomic E-state index is 11.6. The first-order chi connectivity index (χ1) is 6.15. The number of hydrogen-bond acceptors (Lipinski definition) is 2. The van der Waals surface area contributed by atoms with Gasteiger partial charge in [-0.15, -0.1) is 0 Å². The third kappa shape index (κ3) is 2.62. The molecule has 0 saturated heterocycles. The third-order valence-corrected chi connectivity index (χ3v) is 2.17. The first-order valence-electron chi connectivity index (χ1n) is 4.44. The fourth-order valence-corrected chi connectivity index (χ4v) is 1.48. The van der Waals surface area contributed by atoms with Crippen molar-refractivity contribution < 1.29 is 0 Å². The SMILES string of the molecule is CC(C)Cn1cccc(CS)c1=O. The van der Waals surface area contributed by atoms with Gasteiger partial charge in [0, 0.05) is 24.1 Å². The van der Waals surface area contributed by atoms with Gasteiger partial charge < -0.3 is 4.57 Å². The second-order valence-corrected chi connectivity index (χ2v) is 3.86. The van der Waals surface area contributed by atoms with Crippen molar-refractivity contribution in [3.05, 3.63) is 34.2 Å². The minimum Gasteiger partial charge on any atom is -0.315 e. The van der Waals surface area contributed by atoms with E-state index in [-0.39, 0.29) is 5.56 Å². The molecule has 1 rings (SSSR count). The molecule has 3 heteroatoms. The molecule has 1 heterocycles. The van der Waals surface area contributed by atoms with Crippen LogP contribution in [0.5, 0.6) is 0 Å². The topological polar surface area (TPSA) is 22.0 Å². The summed E-state index contributed by atoms with van der Waals surface area (Å²) >= 11 is 4.10. The van der Waals surface area contributed by atoms with E-state index in [2.05, 4.69) is 26.5 Å². The number of hydrogen-bond donors (Lipinski definition) is 1. The fraction of sp³-hybridized carbons (Fsp3) is 0.500. The molecule has 0 fully saturated rings. The standard InChI is InChI=1S/C10H15NOS/c1-8(2)6-11-5-3-4-9(7-13)10(11)12/h3-5,8,13H,6-7H2,1-2H3. The van der Waals surface area contributed by atoms with Gasteiger partial charge in [-0.25, -0.2) is 0 Å². The lowest BCUT2D eigenvalue weighted by molar-refractivity contribution is 0.509. The largest absolute Gasteiger partial charge is 0.315 e. The zero-order valence-electron chi connectivity index (χ0n) is 8.03. The van der Waals surface area contributed by atoms with Crippen LogP contribution in [0.3, 0.4) is 0 Å². The van der Waals surface area contributed by atoms with E-state index in [0.29, 0.717) is 11.7 Å². The van der Waals surface area contributed by atoms with Gasteiger partial charge in [-0.2, -0.15) is 12.6 Å². The molecular weight excluding hydrogens is 182 g/mol. The maximum Gasteiger partial charge on any atom is 0.254 e. The number of aromatic nitrogens is 1. The Labute approximate surface area is 84.0 Å². The smallest absolute Gasteiger partial charge is 0.254 e. The molecule has 0 aliphatic carbocycles. The van der Waals surface area contributed by atoms with Gasteiger partial charge in [0.05, 0.1) is 0 Å². The van der Waals surface area contributed by atoms with E-state index >= 15 is 0 Å². The Kier molecular flexibility index (Phi) is 3.60. The van der Waals surface area contributed by atoms with Crippen molar-refractivity contribution in [2.75, 3.05) is 0 Å². The molecule has 0 radical (unpaired) electrons. The highest BCUT2D eigenvalue weighted by molar-refractivity contribution is 7.79. The van der Waals surface area contributed by atoms with Crippen LogP contribution in [0, 0.1) is 5.92 Å². The van der Waals surface area contributed by atoms with Gasteiger partial charge in [-0.3, -0.25) is 4.79 Å². The van der Waals surface area contributed by atoms with Gasteiger partial charge in [-0.1, -0.05) is 19.9 Å². The molecule has 0 aliphatic rings. The van der Waals surface area contributed by atoms with Crippen LogP contribution in [0.1, 0.15) is 19.4 Å². The van der Waals surface area contributed by atoms with E-state index in [0.717, 1.165) is 12.1 Å².